The van der Waals surface area contributed by atoms with Gasteiger partial charge in [-0.3, -0.25) is 0 Å². The third-order valence-corrected chi connectivity index (χ3v) is 4.42. The Labute approximate surface area is 115 Å². The van der Waals surface area contributed by atoms with Crippen LogP contribution in [0.4, 0.5) is 4.39 Å². The number of sulfonamides is 1. The molecule has 2 N–H and O–H groups in total. The Kier molecular flexibility index (Phi) is 5.36. The first-order valence-electron chi connectivity index (χ1n) is 5.07. The molecule has 18 heavy (non-hydrogen) atoms. The van der Waals surface area contributed by atoms with Gasteiger partial charge in [0.1, 0.15) is 4.90 Å². The molecule has 0 radical (unpaired) electrons. The third-order valence-electron chi connectivity index (χ3n) is 2.14. The Balaban J connectivity index is 2.96. The van der Waals surface area contributed by atoms with Crippen molar-refractivity contribution < 1.29 is 17.9 Å². The van der Waals surface area contributed by atoms with Gasteiger partial charge < -0.3 is 5.11 Å². The van der Waals surface area contributed by atoms with E-state index in [0.717, 1.165) is 12.1 Å². The Morgan fingerprint density at radius 3 is 2.61 bits per heavy atom. The molecule has 0 amide bonds. The Morgan fingerprint density at radius 1 is 1.44 bits per heavy atom. The van der Waals surface area contributed by atoms with Gasteiger partial charge in [-0.15, -0.1) is 0 Å². The van der Waals surface area contributed by atoms with E-state index in [1.165, 1.54) is 6.92 Å². The molecule has 102 valence electrons. The summed E-state index contributed by atoms with van der Waals surface area (Å²) in [6, 6.07) is 2.24. The zero-order chi connectivity index (χ0) is 13.9. The quantitative estimate of drug-likeness (QED) is 0.818. The lowest BCUT2D eigenvalue weighted by Gasteiger charge is -2.10. The van der Waals surface area contributed by atoms with Crippen LogP contribution in [0.2, 0.25) is 10.0 Å². The average Bonchev–Trinajstić information content (AvgIpc) is 2.24. The lowest BCUT2D eigenvalue weighted by Crippen LogP contribution is -2.27. The predicted molar refractivity (Wildman–Crippen MR) is 67.9 cm³/mol. The van der Waals surface area contributed by atoms with E-state index < -0.39 is 27.0 Å². The molecule has 0 bridgehead atoms. The molecule has 1 aromatic carbocycles. The maximum Gasteiger partial charge on any atom is 0.242 e. The van der Waals surface area contributed by atoms with E-state index >= 15 is 0 Å². The SMILES string of the molecule is CC(O)CCNS(=O)(=O)c1ccc(Cl)c(F)c1Cl. The van der Waals surface area contributed by atoms with Gasteiger partial charge in [-0.2, -0.15) is 0 Å². The topological polar surface area (TPSA) is 66.4 Å². The molecule has 1 aromatic rings. The molecule has 0 saturated carbocycles. The first kappa shape index (κ1) is 15.7. The summed E-state index contributed by atoms with van der Waals surface area (Å²) in [6.07, 6.45) is -0.391. The Morgan fingerprint density at radius 2 is 2.06 bits per heavy atom. The van der Waals surface area contributed by atoms with Crippen molar-refractivity contribution in [3.8, 4) is 0 Å². The fourth-order valence-corrected chi connectivity index (χ4v) is 2.99. The summed E-state index contributed by atoms with van der Waals surface area (Å²) in [6.45, 7) is 1.56. The van der Waals surface area contributed by atoms with E-state index in [4.69, 9.17) is 28.3 Å². The van der Waals surface area contributed by atoms with Crippen LogP contribution in [0.5, 0.6) is 0 Å². The van der Waals surface area contributed by atoms with Crippen molar-refractivity contribution in [2.75, 3.05) is 6.54 Å². The molecule has 0 fully saturated rings. The highest BCUT2D eigenvalue weighted by atomic mass is 35.5. The van der Waals surface area contributed by atoms with E-state index in [-0.39, 0.29) is 22.9 Å². The fourth-order valence-electron chi connectivity index (χ4n) is 1.20. The lowest BCUT2D eigenvalue weighted by atomic mass is 10.3. The van der Waals surface area contributed by atoms with Gasteiger partial charge in [-0.05, 0) is 25.5 Å². The molecule has 0 aromatic heterocycles. The second kappa shape index (κ2) is 6.16. The van der Waals surface area contributed by atoms with E-state index in [1.807, 2.05) is 0 Å². The molecular formula is C10H12Cl2FNO3S. The summed E-state index contributed by atoms with van der Waals surface area (Å²) in [4.78, 5) is -0.378. The minimum atomic E-state index is -3.92. The normalized spacial score (nSPS) is 13.6. The maximum absolute atomic E-state index is 13.4. The molecule has 1 unspecified atom stereocenters. The number of nitrogens with one attached hydrogen (secondary N) is 1. The zero-order valence-corrected chi connectivity index (χ0v) is 11.8. The molecule has 0 aliphatic carbocycles. The summed E-state index contributed by atoms with van der Waals surface area (Å²) in [5, 5.41) is 8.22. The third kappa shape index (κ3) is 3.80. The molecule has 8 heteroatoms. The minimum absolute atomic E-state index is 0.0283. The first-order valence-corrected chi connectivity index (χ1v) is 7.31. The molecule has 1 atom stereocenters. The van der Waals surface area contributed by atoms with Crippen LogP contribution >= 0.6 is 23.2 Å². The second-order valence-electron chi connectivity index (χ2n) is 3.71. The van der Waals surface area contributed by atoms with E-state index in [0.29, 0.717) is 0 Å². The second-order valence-corrected chi connectivity index (χ2v) is 6.23. The van der Waals surface area contributed by atoms with Gasteiger partial charge in [0.2, 0.25) is 10.0 Å². The number of benzene rings is 1. The van der Waals surface area contributed by atoms with Crippen LogP contribution in [0.25, 0.3) is 0 Å². The van der Waals surface area contributed by atoms with E-state index in [2.05, 4.69) is 4.72 Å². The number of rotatable bonds is 5. The van der Waals surface area contributed by atoms with Crippen LogP contribution in [0.1, 0.15) is 13.3 Å². The summed E-state index contributed by atoms with van der Waals surface area (Å²) in [7, 11) is -3.92. The fraction of sp³-hybridized carbons (Fsp3) is 0.400. The first-order chi connectivity index (χ1) is 8.25. The number of hydrogen-bond donors (Lipinski definition) is 2. The Hall–Kier alpha value is -0.400. The standard InChI is InChI=1S/C10H12Cl2FNO3S/c1-6(15)4-5-14-18(16,17)8-3-2-7(11)10(13)9(8)12/h2-3,6,14-15H,4-5H2,1H3. The summed E-state index contributed by atoms with van der Waals surface area (Å²) < 4.78 is 39.2. The van der Waals surface area contributed by atoms with Crippen molar-refractivity contribution in [2.45, 2.75) is 24.3 Å². The van der Waals surface area contributed by atoms with E-state index in [1.54, 1.807) is 0 Å². The van der Waals surface area contributed by atoms with Crippen LogP contribution < -0.4 is 4.72 Å². The van der Waals surface area contributed by atoms with Crippen molar-refractivity contribution in [3.63, 3.8) is 0 Å². The molecule has 0 heterocycles. The lowest BCUT2D eigenvalue weighted by molar-refractivity contribution is 0.186. The molecule has 1 rings (SSSR count). The van der Waals surface area contributed by atoms with Gasteiger partial charge in [0, 0.05) is 6.54 Å². The van der Waals surface area contributed by atoms with Crippen molar-refractivity contribution in [3.05, 3.63) is 28.0 Å². The smallest absolute Gasteiger partial charge is 0.242 e. The highest BCUT2D eigenvalue weighted by Crippen LogP contribution is 2.29. The number of hydrogen-bond acceptors (Lipinski definition) is 3. The van der Waals surface area contributed by atoms with Crippen LogP contribution in [0.15, 0.2) is 17.0 Å². The highest BCUT2D eigenvalue weighted by Gasteiger charge is 2.21. The number of aliphatic hydroxyl groups excluding tert-OH is 1. The van der Waals surface area contributed by atoms with Gasteiger partial charge in [-0.1, -0.05) is 23.2 Å². The van der Waals surface area contributed by atoms with Crippen LogP contribution in [-0.4, -0.2) is 26.2 Å². The monoisotopic (exact) mass is 315 g/mol. The minimum Gasteiger partial charge on any atom is -0.393 e. The van der Waals surface area contributed by atoms with Gasteiger partial charge in [0.05, 0.1) is 16.1 Å². The summed E-state index contributed by atoms with van der Waals surface area (Å²) >= 11 is 11.1. The van der Waals surface area contributed by atoms with Crippen molar-refractivity contribution >= 4 is 33.2 Å². The molecule has 0 aliphatic rings. The maximum atomic E-state index is 13.4. The highest BCUT2D eigenvalue weighted by molar-refractivity contribution is 7.89. The van der Waals surface area contributed by atoms with Crippen molar-refractivity contribution in [1.29, 1.82) is 0 Å². The van der Waals surface area contributed by atoms with Gasteiger partial charge in [0.25, 0.3) is 0 Å². The van der Waals surface area contributed by atoms with E-state index in [9.17, 15) is 12.8 Å². The largest absolute Gasteiger partial charge is 0.393 e. The van der Waals surface area contributed by atoms with Crippen LogP contribution in [0, 0.1) is 5.82 Å². The average molecular weight is 316 g/mol. The van der Waals surface area contributed by atoms with Gasteiger partial charge in [-0.25, -0.2) is 17.5 Å². The molecular weight excluding hydrogens is 304 g/mol. The number of halogens is 3. The zero-order valence-electron chi connectivity index (χ0n) is 9.45. The van der Waals surface area contributed by atoms with Crippen molar-refractivity contribution in [1.82, 2.24) is 4.72 Å². The predicted octanol–water partition coefficient (Wildman–Crippen LogP) is 2.18. The summed E-state index contributed by atoms with van der Waals surface area (Å²) in [5.74, 6) is -0.975. The molecule has 4 nitrogen and oxygen atoms in total. The molecule has 0 saturated heterocycles. The number of aliphatic hydroxyl groups is 1. The molecule has 0 aliphatic heterocycles. The van der Waals surface area contributed by atoms with Crippen molar-refractivity contribution in [2.24, 2.45) is 0 Å². The summed E-state index contributed by atoms with van der Waals surface area (Å²) in [5.41, 5.74) is 0. The molecule has 0 spiro atoms. The van der Waals surface area contributed by atoms with Crippen LogP contribution in [-0.2, 0) is 10.0 Å². The Bertz CT molecular complexity index is 534. The van der Waals surface area contributed by atoms with Gasteiger partial charge in [0.15, 0.2) is 5.82 Å². The van der Waals surface area contributed by atoms with Gasteiger partial charge >= 0.3 is 0 Å². The van der Waals surface area contributed by atoms with Crippen LogP contribution in [0.3, 0.4) is 0 Å².